The number of aryl methyl sites for hydroxylation is 2. The summed E-state index contributed by atoms with van der Waals surface area (Å²) in [5, 5.41) is 8.32. The lowest BCUT2D eigenvalue weighted by molar-refractivity contribution is -0.116. The summed E-state index contributed by atoms with van der Waals surface area (Å²) in [4.78, 5) is 12.4. The van der Waals surface area contributed by atoms with E-state index in [-0.39, 0.29) is 5.91 Å². The van der Waals surface area contributed by atoms with Gasteiger partial charge in [-0.3, -0.25) is 9.48 Å². The second-order valence-corrected chi connectivity index (χ2v) is 7.16. The highest BCUT2D eigenvalue weighted by Gasteiger charge is 2.14. The Hall–Kier alpha value is -2.59. The Labute approximate surface area is 165 Å². The molecule has 0 saturated heterocycles. The topological polar surface area (TPSA) is 46.9 Å². The molecule has 1 N–H and O–H groups in total. The van der Waals surface area contributed by atoms with Crippen molar-refractivity contribution in [1.29, 1.82) is 0 Å². The first kappa shape index (κ1) is 19.2. The van der Waals surface area contributed by atoms with Gasteiger partial charge in [-0.05, 0) is 49.9 Å². The van der Waals surface area contributed by atoms with Crippen LogP contribution < -0.4 is 5.32 Å². The molecule has 0 aliphatic carbocycles. The average Bonchev–Trinajstić information content (AvgIpc) is 2.90. The van der Waals surface area contributed by atoms with Crippen molar-refractivity contribution in [2.45, 2.75) is 39.7 Å². The van der Waals surface area contributed by atoms with Crippen LogP contribution in [0.3, 0.4) is 0 Å². The number of nitrogens with one attached hydrogen (secondary N) is 1. The van der Waals surface area contributed by atoms with Crippen molar-refractivity contribution < 1.29 is 4.79 Å². The molecule has 3 rings (SSSR count). The molecule has 1 aromatic heterocycles. The zero-order valence-corrected chi connectivity index (χ0v) is 16.5. The Morgan fingerprint density at radius 3 is 2.56 bits per heavy atom. The van der Waals surface area contributed by atoms with E-state index >= 15 is 0 Å². The molecule has 140 valence electrons. The van der Waals surface area contributed by atoms with E-state index in [4.69, 9.17) is 11.6 Å². The number of rotatable bonds is 7. The summed E-state index contributed by atoms with van der Waals surface area (Å²) in [5.74, 6) is 0.0273. The van der Waals surface area contributed by atoms with Crippen LogP contribution in [-0.2, 0) is 17.8 Å². The largest absolute Gasteiger partial charge is 0.323 e. The monoisotopic (exact) mass is 381 g/mol. The number of hydrogen-bond acceptors (Lipinski definition) is 2. The van der Waals surface area contributed by atoms with Gasteiger partial charge in [-0.15, -0.1) is 0 Å². The summed E-state index contributed by atoms with van der Waals surface area (Å²) < 4.78 is 1.90. The molecular weight excluding hydrogens is 358 g/mol. The summed E-state index contributed by atoms with van der Waals surface area (Å²) in [6.45, 7) is 4.52. The Kier molecular flexibility index (Phi) is 6.30. The predicted molar refractivity (Wildman–Crippen MR) is 110 cm³/mol. The number of nitrogens with zero attached hydrogens (tertiary/aromatic N) is 2. The van der Waals surface area contributed by atoms with Crippen molar-refractivity contribution in [3.63, 3.8) is 0 Å². The molecule has 5 heteroatoms. The van der Waals surface area contributed by atoms with Crippen LogP contribution in [0.15, 0.2) is 54.6 Å². The van der Waals surface area contributed by atoms with E-state index in [1.54, 1.807) is 0 Å². The van der Waals surface area contributed by atoms with Crippen LogP contribution in [0.5, 0.6) is 0 Å². The highest BCUT2D eigenvalue weighted by Crippen LogP contribution is 2.21. The number of carbonyl (C=O) groups excluding carboxylic acids is 1. The summed E-state index contributed by atoms with van der Waals surface area (Å²) in [6, 6.07) is 18.0. The van der Waals surface area contributed by atoms with Crippen LogP contribution in [0.25, 0.3) is 0 Å². The van der Waals surface area contributed by atoms with Gasteiger partial charge in [0.05, 0.1) is 23.6 Å². The molecular formula is C22H24ClN3O. The van der Waals surface area contributed by atoms with Gasteiger partial charge in [0, 0.05) is 11.4 Å². The summed E-state index contributed by atoms with van der Waals surface area (Å²) in [6.07, 6.45) is 2.22. The van der Waals surface area contributed by atoms with Gasteiger partial charge >= 0.3 is 0 Å². The molecule has 0 spiro atoms. The lowest BCUT2D eigenvalue weighted by Gasteiger charge is -2.08. The molecule has 2 aromatic carbocycles. The minimum absolute atomic E-state index is 0.0273. The van der Waals surface area contributed by atoms with Crippen LogP contribution in [0.2, 0.25) is 5.02 Å². The molecule has 0 aliphatic heterocycles. The van der Waals surface area contributed by atoms with Crippen LogP contribution in [0.1, 0.15) is 35.4 Å². The van der Waals surface area contributed by atoms with E-state index in [0.717, 1.165) is 35.5 Å². The number of anilines is 1. The summed E-state index contributed by atoms with van der Waals surface area (Å²) in [7, 11) is 0. The van der Waals surface area contributed by atoms with E-state index in [1.807, 2.05) is 61.0 Å². The lowest BCUT2D eigenvalue weighted by atomic mass is 10.1. The molecule has 1 heterocycles. The Morgan fingerprint density at radius 1 is 1.07 bits per heavy atom. The Bertz CT molecular complexity index is 919. The number of halogens is 1. The highest BCUT2D eigenvalue weighted by molar-refractivity contribution is 6.30. The number of carbonyl (C=O) groups is 1. The first-order chi connectivity index (χ1) is 13.0. The molecule has 0 aliphatic rings. The molecule has 27 heavy (non-hydrogen) atoms. The first-order valence-electron chi connectivity index (χ1n) is 9.15. The minimum atomic E-state index is 0.0273. The molecule has 0 saturated carbocycles. The van der Waals surface area contributed by atoms with Crippen LogP contribution in [0, 0.1) is 13.8 Å². The van der Waals surface area contributed by atoms with Crippen LogP contribution in [-0.4, -0.2) is 15.7 Å². The van der Waals surface area contributed by atoms with Crippen molar-refractivity contribution in [2.24, 2.45) is 0 Å². The number of benzene rings is 2. The van der Waals surface area contributed by atoms with Crippen molar-refractivity contribution in [3.05, 3.63) is 82.1 Å². The van der Waals surface area contributed by atoms with Gasteiger partial charge in [0.1, 0.15) is 0 Å². The molecule has 0 fully saturated rings. The maximum absolute atomic E-state index is 12.4. The summed E-state index contributed by atoms with van der Waals surface area (Å²) in [5.41, 5.74) is 4.91. The number of hydrogen-bond donors (Lipinski definition) is 1. The van der Waals surface area contributed by atoms with E-state index in [1.165, 1.54) is 5.56 Å². The van der Waals surface area contributed by atoms with Crippen molar-refractivity contribution >= 4 is 23.2 Å². The van der Waals surface area contributed by atoms with E-state index in [2.05, 4.69) is 22.5 Å². The average molecular weight is 382 g/mol. The highest BCUT2D eigenvalue weighted by atomic mass is 35.5. The van der Waals surface area contributed by atoms with Gasteiger partial charge in [0.25, 0.3) is 0 Å². The van der Waals surface area contributed by atoms with Gasteiger partial charge in [0.2, 0.25) is 5.91 Å². The van der Waals surface area contributed by atoms with E-state index < -0.39 is 0 Å². The van der Waals surface area contributed by atoms with Crippen LogP contribution >= 0.6 is 11.6 Å². The normalized spacial score (nSPS) is 10.8. The van der Waals surface area contributed by atoms with Crippen molar-refractivity contribution in [1.82, 2.24) is 9.78 Å². The van der Waals surface area contributed by atoms with Gasteiger partial charge in [-0.2, -0.15) is 5.10 Å². The molecule has 0 unspecified atom stereocenters. The smallest absolute Gasteiger partial charge is 0.224 e. The van der Waals surface area contributed by atoms with Gasteiger partial charge in [-0.25, -0.2) is 0 Å². The third kappa shape index (κ3) is 5.20. The fraction of sp³-hybridized carbons (Fsp3) is 0.273. The SMILES string of the molecule is Cc1nn(Cc2cccc(Cl)c2)c(C)c1NC(=O)CCCc1ccccc1. The molecule has 4 nitrogen and oxygen atoms in total. The van der Waals surface area contributed by atoms with E-state index in [0.29, 0.717) is 18.0 Å². The Balaban J connectivity index is 1.59. The van der Waals surface area contributed by atoms with E-state index in [9.17, 15) is 4.79 Å². The molecule has 3 aromatic rings. The fourth-order valence-electron chi connectivity index (χ4n) is 3.14. The predicted octanol–water partition coefficient (Wildman–Crippen LogP) is 5.16. The van der Waals surface area contributed by atoms with Gasteiger partial charge in [0.15, 0.2) is 0 Å². The van der Waals surface area contributed by atoms with Gasteiger partial charge in [-0.1, -0.05) is 54.1 Å². The van der Waals surface area contributed by atoms with Crippen LogP contribution in [0.4, 0.5) is 5.69 Å². The minimum Gasteiger partial charge on any atom is -0.323 e. The second-order valence-electron chi connectivity index (χ2n) is 6.72. The third-order valence-electron chi connectivity index (χ3n) is 4.58. The quantitative estimate of drug-likeness (QED) is 0.614. The van der Waals surface area contributed by atoms with Crippen molar-refractivity contribution in [3.8, 4) is 0 Å². The maximum Gasteiger partial charge on any atom is 0.224 e. The maximum atomic E-state index is 12.4. The molecule has 0 bridgehead atoms. The summed E-state index contributed by atoms with van der Waals surface area (Å²) >= 11 is 6.06. The first-order valence-corrected chi connectivity index (χ1v) is 9.53. The zero-order chi connectivity index (χ0) is 19.2. The molecule has 0 radical (unpaired) electrons. The lowest BCUT2D eigenvalue weighted by Crippen LogP contribution is -2.13. The molecule has 1 amide bonds. The molecule has 0 atom stereocenters. The fourth-order valence-corrected chi connectivity index (χ4v) is 3.35. The standard InChI is InChI=1S/C22H24ClN3O/c1-16-22(24-21(27)13-7-10-18-8-4-3-5-9-18)17(2)26(25-16)15-19-11-6-12-20(23)14-19/h3-6,8-9,11-12,14H,7,10,13,15H2,1-2H3,(H,24,27). The number of aromatic nitrogens is 2. The zero-order valence-electron chi connectivity index (χ0n) is 15.7. The number of amides is 1. The third-order valence-corrected chi connectivity index (χ3v) is 4.81. The van der Waals surface area contributed by atoms with Gasteiger partial charge < -0.3 is 5.32 Å². The Morgan fingerprint density at radius 2 is 1.81 bits per heavy atom. The second kappa shape index (κ2) is 8.87. The van der Waals surface area contributed by atoms with Crippen molar-refractivity contribution in [2.75, 3.05) is 5.32 Å².